The van der Waals surface area contributed by atoms with Gasteiger partial charge in [0, 0.05) is 0 Å². The zero-order chi connectivity index (χ0) is 18.9. The van der Waals surface area contributed by atoms with Crippen molar-refractivity contribution in [1.82, 2.24) is 10.2 Å². The van der Waals surface area contributed by atoms with Crippen molar-refractivity contribution >= 4 is 17.9 Å². The highest BCUT2D eigenvalue weighted by Crippen LogP contribution is 2.46. The zero-order valence-corrected chi connectivity index (χ0v) is 16.3. The van der Waals surface area contributed by atoms with Gasteiger partial charge >= 0.3 is 12.0 Å². The Bertz CT molecular complexity index is 582. The minimum atomic E-state index is -0.859. The molecule has 0 aromatic heterocycles. The molecule has 0 bridgehead atoms. The molecule has 1 saturated heterocycles. The van der Waals surface area contributed by atoms with Crippen molar-refractivity contribution in [3.8, 4) is 0 Å². The predicted octanol–water partition coefficient (Wildman–Crippen LogP) is 3.25. The lowest BCUT2D eigenvalue weighted by Gasteiger charge is -2.43. The third-order valence-corrected chi connectivity index (χ3v) is 6.12. The van der Waals surface area contributed by atoms with E-state index in [0.29, 0.717) is 31.3 Å². The summed E-state index contributed by atoms with van der Waals surface area (Å²) in [5, 5.41) is 2.90. The Labute approximate surface area is 156 Å². The van der Waals surface area contributed by atoms with Crippen LogP contribution in [0.5, 0.6) is 0 Å². The van der Waals surface area contributed by atoms with Crippen LogP contribution in [0.2, 0.25) is 0 Å². The van der Waals surface area contributed by atoms with E-state index in [1.807, 2.05) is 0 Å². The highest BCUT2D eigenvalue weighted by Gasteiger charge is 2.56. The number of imide groups is 1. The number of rotatable bonds is 4. The normalized spacial score (nSPS) is 32.0. The summed E-state index contributed by atoms with van der Waals surface area (Å²) in [6.07, 6.45) is 8.08. The number of hydrogen-bond acceptors (Lipinski definition) is 4. The second-order valence-corrected chi connectivity index (χ2v) is 9.45. The quantitative estimate of drug-likeness (QED) is 0.614. The van der Waals surface area contributed by atoms with Gasteiger partial charge in [0.2, 0.25) is 0 Å². The molecule has 0 aromatic rings. The first-order valence-electron chi connectivity index (χ1n) is 10.0. The molecule has 2 saturated carbocycles. The molecule has 3 rings (SSSR count). The molecule has 2 aliphatic carbocycles. The van der Waals surface area contributed by atoms with Crippen LogP contribution in [0.1, 0.15) is 72.1 Å². The fourth-order valence-corrected chi connectivity index (χ4v) is 5.39. The molecule has 1 spiro atoms. The average Bonchev–Trinajstić information content (AvgIpc) is 2.75. The molecule has 1 heterocycles. The highest BCUT2D eigenvalue weighted by atomic mass is 16.5. The van der Waals surface area contributed by atoms with E-state index >= 15 is 0 Å². The van der Waals surface area contributed by atoms with E-state index in [-0.39, 0.29) is 17.9 Å². The molecule has 3 fully saturated rings. The molecule has 0 radical (unpaired) electrons. The maximum atomic E-state index is 13.0. The number of esters is 1. The van der Waals surface area contributed by atoms with Crippen molar-refractivity contribution in [3.05, 3.63) is 0 Å². The summed E-state index contributed by atoms with van der Waals surface area (Å²) >= 11 is 0. The van der Waals surface area contributed by atoms with Gasteiger partial charge in [0.1, 0.15) is 12.1 Å². The molecule has 146 valence electrons. The van der Waals surface area contributed by atoms with Crippen LogP contribution in [-0.4, -0.2) is 41.5 Å². The van der Waals surface area contributed by atoms with Crippen molar-refractivity contribution in [2.45, 2.75) is 77.7 Å². The molecule has 2 atom stereocenters. The van der Waals surface area contributed by atoms with Crippen molar-refractivity contribution in [2.24, 2.45) is 17.3 Å². The minimum Gasteiger partial charge on any atom is -0.464 e. The Kier molecular flexibility index (Phi) is 5.31. The maximum absolute atomic E-state index is 13.0. The van der Waals surface area contributed by atoms with Gasteiger partial charge < -0.3 is 10.1 Å². The van der Waals surface area contributed by atoms with Crippen LogP contribution < -0.4 is 5.32 Å². The first-order chi connectivity index (χ1) is 12.2. The van der Waals surface area contributed by atoms with Crippen molar-refractivity contribution in [2.75, 3.05) is 13.2 Å². The SMILES string of the molecule is CC1CC(C)(C)CC2(C1)NC(=O)N(CC(=O)OCC1CCCCC1)C2=O. The lowest BCUT2D eigenvalue weighted by Crippen LogP contribution is -2.54. The summed E-state index contributed by atoms with van der Waals surface area (Å²) in [4.78, 5) is 38.7. The average molecular weight is 364 g/mol. The van der Waals surface area contributed by atoms with Gasteiger partial charge in [-0.05, 0) is 49.4 Å². The summed E-state index contributed by atoms with van der Waals surface area (Å²) < 4.78 is 5.37. The zero-order valence-electron chi connectivity index (χ0n) is 16.3. The van der Waals surface area contributed by atoms with Crippen LogP contribution in [0.3, 0.4) is 0 Å². The number of ether oxygens (including phenoxy) is 1. The second kappa shape index (κ2) is 7.20. The predicted molar refractivity (Wildman–Crippen MR) is 97.3 cm³/mol. The van der Waals surface area contributed by atoms with Crippen LogP contribution in [0, 0.1) is 17.3 Å². The summed E-state index contributed by atoms with van der Waals surface area (Å²) in [6, 6.07) is -0.463. The van der Waals surface area contributed by atoms with Gasteiger partial charge in [-0.1, -0.05) is 40.0 Å². The number of hydrogen-bond donors (Lipinski definition) is 1. The lowest BCUT2D eigenvalue weighted by atomic mass is 9.64. The summed E-state index contributed by atoms with van der Waals surface area (Å²) in [5.74, 6) is 0.0133. The van der Waals surface area contributed by atoms with Gasteiger partial charge in [-0.3, -0.25) is 14.5 Å². The van der Waals surface area contributed by atoms with Crippen LogP contribution in [0.4, 0.5) is 4.79 Å². The molecular formula is C20H32N2O4. The van der Waals surface area contributed by atoms with Gasteiger partial charge in [0.05, 0.1) is 6.61 Å². The minimum absolute atomic E-state index is 0.0158. The fourth-order valence-electron chi connectivity index (χ4n) is 5.39. The fraction of sp³-hybridized carbons (Fsp3) is 0.850. The highest BCUT2D eigenvalue weighted by molar-refractivity contribution is 6.08. The van der Waals surface area contributed by atoms with E-state index in [9.17, 15) is 14.4 Å². The molecule has 2 unspecified atom stereocenters. The number of nitrogens with one attached hydrogen (secondary N) is 1. The van der Waals surface area contributed by atoms with E-state index in [0.717, 1.165) is 24.2 Å². The van der Waals surface area contributed by atoms with Gasteiger partial charge in [-0.25, -0.2) is 4.79 Å². The largest absolute Gasteiger partial charge is 0.464 e. The van der Waals surface area contributed by atoms with E-state index in [1.54, 1.807) is 0 Å². The van der Waals surface area contributed by atoms with E-state index in [2.05, 4.69) is 26.1 Å². The van der Waals surface area contributed by atoms with Gasteiger partial charge in [-0.2, -0.15) is 0 Å². The molecule has 6 nitrogen and oxygen atoms in total. The van der Waals surface area contributed by atoms with E-state index in [1.165, 1.54) is 19.3 Å². The maximum Gasteiger partial charge on any atom is 0.326 e. The molecule has 6 heteroatoms. The number of amides is 3. The van der Waals surface area contributed by atoms with Crippen LogP contribution in [-0.2, 0) is 14.3 Å². The van der Waals surface area contributed by atoms with Crippen LogP contribution in [0.15, 0.2) is 0 Å². The summed E-state index contributed by atoms with van der Waals surface area (Å²) in [6.45, 7) is 6.49. The molecular weight excluding hydrogens is 332 g/mol. The number of urea groups is 1. The first-order valence-corrected chi connectivity index (χ1v) is 10.0. The second-order valence-electron chi connectivity index (χ2n) is 9.45. The van der Waals surface area contributed by atoms with Gasteiger partial charge in [0.25, 0.3) is 5.91 Å². The Morgan fingerprint density at radius 1 is 1.19 bits per heavy atom. The lowest BCUT2D eigenvalue weighted by molar-refractivity contribution is -0.149. The van der Waals surface area contributed by atoms with Crippen molar-refractivity contribution in [3.63, 3.8) is 0 Å². The van der Waals surface area contributed by atoms with Crippen LogP contribution >= 0.6 is 0 Å². The first kappa shape index (κ1) is 19.2. The third kappa shape index (κ3) is 4.04. The summed E-state index contributed by atoms with van der Waals surface area (Å²) in [5.41, 5.74) is -0.875. The molecule has 1 N–H and O–H groups in total. The molecule has 3 aliphatic rings. The van der Waals surface area contributed by atoms with Crippen molar-refractivity contribution < 1.29 is 19.1 Å². The number of carbonyl (C=O) groups excluding carboxylic acids is 3. The van der Waals surface area contributed by atoms with Gasteiger partial charge in [0.15, 0.2) is 0 Å². The third-order valence-electron chi connectivity index (χ3n) is 6.12. The smallest absolute Gasteiger partial charge is 0.326 e. The topological polar surface area (TPSA) is 75.7 Å². The Balaban J connectivity index is 1.59. The Morgan fingerprint density at radius 3 is 2.54 bits per heavy atom. The molecule has 1 aliphatic heterocycles. The standard InChI is InChI=1S/C20H32N2O4/c1-14-9-19(2,3)13-20(10-14)17(24)22(18(25)21-20)11-16(23)26-12-15-7-5-4-6-8-15/h14-15H,4-13H2,1-3H3,(H,21,25). The Morgan fingerprint density at radius 2 is 1.88 bits per heavy atom. The number of nitrogens with zero attached hydrogens (tertiary/aromatic N) is 1. The summed E-state index contributed by atoms with van der Waals surface area (Å²) in [7, 11) is 0. The Hall–Kier alpha value is -1.59. The molecule has 26 heavy (non-hydrogen) atoms. The van der Waals surface area contributed by atoms with E-state index < -0.39 is 17.5 Å². The van der Waals surface area contributed by atoms with Crippen molar-refractivity contribution in [1.29, 1.82) is 0 Å². The van der Waals surface area contributed by atoms with E-state index in [4.69, 9.17) is 4.74 Å². The number of carbonyl (C=O) groups is 3. The van der Waals surface area contributed by atoms with Gasteiger partial charge in [-0.15, -0.1) is 0 Å². The molecule has 0 aromatic carbocycles. The monoisotopic (exact) mass is 364 g/mol. The molecule has 3 amide bonds. The van der Waals surface area contributed by atoms with Crippen LogP contribution in [0.25, 0.3) is 0 Å².